The molecule has 65 heavy (non-hydrogen) atoms. The monoisotopic (exact) mass is 1050 g/mol. The molecule has 35 heteroatoms. The zero-order valence-corrected chi connectivity index (χ0v) is 46.9. The normalized spacial score (nSPS) is 12.4. The average Bonchev–Trinajstić information content (AvgIpc) is 3.12. The average molecular weight is 1060 g/mol. The van der Waals surface area contributed by atoms with Crippen LogP contribution in [0, 0.1) is 0 Å². The first-order valence-corrected chi connectivity index (χ1v) is 23.7. The molecule has 0 aliphatic carbocycles. The summed E-state index contributed by atoms with van der Waals surface area (Å²) in [7, 11) is -25.2. The Balaban J connectivity index is 0.00000528. The number of nitrogens with one attached hydrogen (secondary N) is 2. The van der Waals surface area contributed by atoms with Crippen molar-refractivity contribution < 1.29 is 193 Å². The number of sulfone groups is 1. The minimum absolute atomic E-state index is 0. The maximum absolute atomic E-state index is 13.8. The van der Waals surface area contributed by atoms with Crippen LogP contribution in [-0.4, -0.2) is 93.5 Å². The molecule has 1 aromatic heterocycles. The molecule has 0 saturated carbocycles. The van der Waals surface area contributed by atoms with E-state index in [0.717, 1.165) is 18.2 Å². The fourth-order valence-corrected chi connectivity index (χ4v) is 8.47. The van der Waals surface area contributed by atoms with Crippen molar-refractivity contribution in [3.63, 3.8) is 0 Å². The van der Waals surface area contributed by atoms with E-state index in [4.69, 9.17) is 16.2 Å². The molecule has 5 aromatic rings. The smallest absolute Gasteiger partial charge is 0.870 e. The number of aliphatic imine (C=N–C) groups is 1. The van der Waals surface area contributed by atoms with Crippen molar-refractivity contribution in [1.82, 2.24) is 15.0 Å². The second-order valence-electron chi connectivity index (χ2n) is 11.8. The third-order valence-electron chi connectivity index (χ3n) is 7.58. The Kier molecular flexibility index (Phi) is 23.0. The Bertz CT molecular complexity index is 3250. The number of hydrogen-bond donors (Lipinski definition) is 4. The van der Waals surface area contributed by atoms with Gasteiger partial charge in [-0.15, -0.1) is 10.2 Å². The number of anilines is 4. The van der Waals surface area contributed by atoms with Crippen LogP contribution < -0.4 is 139 Å². The summed E-state index contributed by atoms with van der Waals surface area (Å²) in [5.74, 6) is -3.90. The van der Waals surface area contributed by atoms with Gasteiger partial charge in [0, 0.05) is 16.8 Å². The molecule has 0 amide bonds. The molecule has 4 aromatic carbocycles. The second-order valence-corrected chi connectivity index (χ2v) is 19.5. The number of aromatic nitrogens is 3. The van der Waals surface area contributed by atoms with Crippen LogP contribution in [0.15, 0.2) is 95.5 Å². The fourth-order valence-electron chi connectivity index (χ4n) is 5.00. The summed E-state index contributed by atoms with van der Waals surface area (Å²) in [6.45, 7) is 0.460. The zero-order chi connectivity index (χ0) is 45.3. The topological polar surface area (TPSA) is 412 Å². The van der Waals surface area contributed by atoms with Crippen LogP contribution >= 0.6 is 11.6 Å². The number of fused-ring (bicyclic) bond motifs is 1. The Morgan fingerprint density at radius 2 is 1.34 bits per heavy atom. The van der Waals surface area contributed by atoms with Gasteiger partial charge in [0.25, 0.3) is 10.1 Å². The summed E-state index contributed by atoms with van der Waals surface area (Å²) < 4.78 is 167. The molecule has 0 aliphatic rings. The quantitative estimate of drug-likeness (QED) is 0.0234. The van der Waals surface area contributed by atoms with Gasteiger partial charge in [0.05, 0.1) is 38.4 Å². The molecule has 0 fully saturated rings. The van der Waals surface area contributed by atoms with Crippen LogP contribution in [0.1, 0.15) is 13.3 Å². The Labute approximate surface area is 463 Å². The molecule has 0 unspecified atom stereocenters. The molecule has 0 aliphatic heterocycles. The van der Waals surface area contributed by atoms with Gasteiger partial charge in [0.2, 0.25) is 17.2 Å². The van der Waals surface area contributed by atoms with E-state index in [1.54, 1.807) is 0 Å². The first-order valence-electron chi connectivity index (χ1n) is 16.1. The maximum atomic E-state index is 13.8. The van der Waals surface area contributed by atoms with Crippen molar-refractivity contribution in [2.24, 2.45) is 15.2 Å². The molecule has 0 bridgehead atoms. The fraction of sp³-hybridized carbons (Fsp3) is 0.133. The van der Waals surface area contributed by atoms with Crippen LogP contribution in [0.2, 0.25) is 5.28 Å². The van der Waals surface area contributed by atoms with E-state index in [0.29, 0.717) is 24.3 Å². The van der Waals surface area contributed by atoms with E-state index in [2.05, 4.69) is 45.0 Å². The van der Waals surface area contributed by atoms with Crippen LogP contribution in [0.4, 0.5) is 40.3 Å². The Morgan fingerprint density at radius 1 is 0.738 bits per heavy atom. The van der Waals surface area contributed by atoms with Crippen LogP contribution in [0.3, 0.4) is 0 Å². The van der Waals surface area contributed by atoms with Crippen molar-refractivity contribution in [1.29, 1.82) is 0 Å². The molecule has 1 heterocycles. The number of halogens is 1. The standard InChI is InChI=1S/C30H27ClN8O17S5.4Na/c1-2-24(40)34-21-14-19(58(44,45)46)10-15-11-23(60(50,51)52)26(27(41)25(15)21)39-38-20-13-17(6-7-22(20)59(47,48)49)33-30-36-28(31)35-29(37-30)32-16-4-3-5-18(12-16)57(42,43)9-8-56-61(53,54)55;;;;/h3-7,10-14,41H,2,8-9H2,1H3,(H,34,40)(H,44,45,46)(H,47,48,49)(H,50,51,52)(H,53,54,55)(H2,32,33,35,36,37);;;;/q;4*+1/p-4. The Hall–Kier alpha value is -1.54. The molecule has 0 spiro atoms. The van der Waals surface area contributed by atoms with E-state index in [9.17, 15) is 66.0 Å². The van der Waals surface area contributed by atoms with E-state index in [-0.39, 0.29) is 153 Å². The van der Waals surface area contributed by atoms with Gasteiger partial charge in [0.1, 0.15) is 30.8 Å². The zero-order valence-electron chi connectivity index (χ0n) is 34.0. The second kappa shape index (κ2) is 24.3. The molecule has 25 nitrogen and oxygen atoms in total. The molecule has 0 radical (unpaired) electrons. The summed E-state index contributed by atoms with van der Waals surface area (Å²) in [6.07, 6.45) is -0.270. The summed E-state index contributed by atoms with van der Waals surface area (Å²) in [6, 6.07) is 9.18. The van der Waals surface area contributed by atoms with Crippen LogP contribution in [0.25, 0.3) is 10.8 Å². The summed E-state index contributed by atoms with van der Waals surface area (Å²) in [5, 5.41) is 36.6. The van der Waals surface area contributed by atoms with Crippen LogP contribution in [0.5, 0.6) is 5.75 Å². The van der Waals surface area contributed by atoms with Gasteiger partial charge in [-0.05, 0) is 83.9 Å². The minimum Gasteiger partial charge on any atom is -0.870 e. The summed E-state index contributed by atoms with van der Waals surface area (Å²) in [5.41, 5.74) is -2.90. The number of rotatable bonds is 16. The summed E-state index contributed by atoms with van der Waals surface area (Å²) in [4.78, 5) is 11.7. The largest absolute Gasteiger partial charge is 1.00 e. The van der Waals surface area contributed by atoms with Crippen molar-refractivity contribution in [2.75, 3.05) is 23.0 Å². The Morgan fingerprint density at radius 3 is 1.88 bits per heavy atom. The number of azo groups is 1. The molecular weight excluding hydrogens is 1030 g/mol. The van der Waals surface area contributed by atoms with Gasteiger partial charge in [0.15, 0.2) is 9.84 Å². The van der Waals surface area contributed by atoms with E-state index < -0.39 is 122 Å². The number of hydrogen-bond acceptors (Lipinski definition) is 23. The molecular formula is C30H23ClN8Na4O17S5. The van der Waals surface area contributed by atoms with Gasteiger partial charge in [-0.1, -0.05) is 18.7 Å². The minimum atomic E-state index is -5.45. The first-order chi connectivity index (χ1) is 28.1. The van der Waals surface area contributed by atoms with E-state index in [1.165, 1.54) is 25.1 Å². The van der Waals surface area contributed by atoms with Gasteiger partial charge >= 0.3 is 129 Å². The van der Waals surface area contributed by atoms with Gasteiger partial charge in [-0.2, -0.15) is 31.8 Å². The predicted molar refractivity (Wildman–Crippen MR) is 205 cm³/mol. The number of benzene rings is 4. The molecule has 5 rings (SSSR count). The van der Waals surface area contributed by atoms with Crippen molar-refractivity contribution in [2.45, 2.75) is 32.9 Å². The van der Waals surface area contributed by atoms with Crippen LogP contribution in [-0.2, 0) is 54.8 Å². The number of nitrogens with zero attached hydrogens (tertiary/aromatic N) is 6. The van der Waals surface area contributed by atoms with Gasteiger partial charge < -0.3 is 30.0 Å². The van der Waals surface area contributed by atoms with Crippen molar-refractivity contribution in [3.05, 3.63) is 65.9 Å². The van der Waals surface area contributed by atoms with E-state index in [1.807, 2.05) is 0 Å². The third-order valence-corrected chi connectivity index (χ3v) is 12.5. The molecule has 0 saturated heterocycles. The molecule has 4 N–H and O–H groups in total. The third kappa shape index (κ3) is 16.8. The SMILES string of the molecule is CCC([O-])=Nc1cc(S(=O)(=O)[O-])cc2cc(S(=O)(=O)O)c(N=Nc3cc(Nc4nc(Cl)nc(Nc5cccc(S(=O)(=O)CCOS(=O)(=O)O)c5)n4)ccc3S(=O)(=O)[O-])c([O-])c12.[Na+].[Na+].[Na+].[Na+]. The van der Waals surface area contributed by atoms with Crippen molar-refractivity contribution >= 4 is 119 Å². The molecule has 326 valence electrons. The van der Waals surface area contributed by atoms with Crippen molar-refractivity contribution in [3.8, 4) is 5.75 Å². The summed E-state index contributed by atoms with van der Waals surface area (Å²) >= 11 is 6.05. The van der Waals surface area contributed by atoms with Gasteiger partial charge in [-0.25, -0.2) is 29.4 Å². The first kappa shape index (κ1) is 61.5. The maximum Gasteiger partial charge on any atom is 1.00 e. The molecule has 0 atom stereocenters. The van der Waals surface area contributed by atoms with E-state index >= 15 is 0 Å². The predicted octanol–water partition coefficient (Wildman–Crippen LogP) is -9.88. The van der Waals surface area contributed by atoms with Gasteiger partial charge in [-0.3, -0.25) is 14.1 Å².